The van der Waals surface area contributed by atoms with Crippen molar-refractivity contribution in [2.75, 3.05) is 0 Å². The lowest BCUT2D eigenvalue weighted by atomic mass is 9.83. The van der Waals surface area contributed by atoms with Gasteiger partial charge in [-0.1, -0.05) is 6.92 Å². The Kier molecular flexibility index (Phi) is 5.17. The second-order valence-electron chi connectivity index (χ2n) is 5.65. The summed E-state index contributed by atoms with van der Waals surface area (Å²) < 4.78 is 29.1. The third-order valence-corrected chi connectivity index (χ3v) is 5.12. The monoisotopic (exact) mass is 362 g/mol. The highest BCUT2D eigenvalue weighted by molar-refractivity contribution is 9.10. The predicted octanol–water partition coefficient (Wildman–Crippen LogP) is 4.17. The third-order valence-electron chi connectivity index (χ3n) is 4.21. The fourth-order valence-electron chi connectivity index (χ4n) is 2.86. The summed E-state index contributed by atoms with van der Waals surface area (Å²) in [6, 6.07) is 0. The molecular formula is C15H21BrF2N2O. The van der Waals surface area contributed by atoms with Crippen LogP contribution < -0.4 is 0 Å². The fraction of sp³-hybridized carbons (Fsp3) is 0.733. The lowest BCUT2D eigenvalue weighted by Gasteiger charge is -2.27. The first-order valence-electron chi connectivity index (χ1n) is 7.52. The number of halogens is 3. The molecule has 3 nitrogen and oxygen atoms in total. The highest BCUT2D eigenvalue weighted by Crippen LogP contribution is 2.37. The Balaban J connectivity index is 2.08. The molecule has 0 aliphatic heterocycles. The van der Waals surface area contributed by atoms with E-state index in [2.05, 4.69) is 21.0 Å². The smallest absolute Gasteiger partial charge is 0.248 e. The number of ketones is 1. The van der Waals surface area contributed by atoms with Crippen LogP contribution in [0.15, 0.2) is 4.47 Å². The van der Waals surface area contributed by atoms with Crippen molar-refractivity contribution in [1.82, 2.24) is 9.78 Å². The van der Waals surface area contributed by atoms with Gasteiger partial charge in [-0.2, -0.15) is 5.10 Å². The maximum Gasteiger partial charge on any atom is 0.248 e. The van der Waals surface area contributed by atoms with Crippen LogP contribution in [0, 0.1) is 5.92 Å². The number of hydrogen-bond acceptors (Lipinski definition) is 2. The molecule has 0 radical (unpaired) electrons. The van der Waals surface area contributed by atoms with Gasteiger partial charge >= 0.3 is 0 Å². The average molecular weight is 363 g/mol. The Morgan fingerprint density at radius 2 is 2.00 bits per heavy atom. The van der Waals surface area contributed by atoms with E-state index in [-0.39, 0.29) is 31.0 Å². The summed E-state index contributed by atoms with van der Waals surface area (Å²) >= 11 is 3.52. The number of Topliss-reactive ketones (excluding diaryl/α,β-unsaturated/α-hetero) is 1. The molecule has 0 atom stereocenters. The van der Waals surface area contributed by atoms with Gasteiger partial charge in [0.2, 0.25) is 5.92 Å². The van der Waals surface area contributed by atoms with Crippen molar-refractivity contribution in [3.05, 3.63) is 15.9 Å². The minimum atomic E-state index is -2.59. The molecule has 0 unspecified atom stereocenters. The first kappa shape index (κ1) is 16.6. The second kappa shape index (κ2) is 6.55. The summed E-state index contributed by atoms with van der Waals surface area (Å²) in [5.41, 5.74) is 1.81. The zero-order valence-electron chi connectivity index (χ0n) is 12.5. The van der Waals surface area contributed by atoms with Gasteiger partial charge < -0.3 is 0 Å². The molecule has 0 aromatic carbocycles. The SMILES string of the molecule is CCc1nn(CC)c(CC(=O)C2CCC(F)(F)CC2)c1Br. The Bertz CT molecular complexity index is 518. The van der Waals surface area contributed by atoms with Crippen LogP contribution in [0.1, 0.15) is 50.9 Å². The molecule has 0 bridgehead atoms. The lowest BCUT2D eigenvalue weighted by Crippen LogP contribution is -2.29. The van der Waals surface area contributed by atoms with E-state index in [9.17, 15) is 13.6 Å². The molecule has 0 spiro atoms. The Hall–Kier alpha value is -0.780. The van der Waals surface area contributed by atoms with E-state index in [1.54, 1.807) is 0 Å². The van der Waals surface area contributed by atoms with Crippen LogP contribution in [0.5, 0.6) is 0 Å². The summed E-state index contributed by atoms with van der Waals surface area (Å²) in [5, 5.41) is 4.47. The molecule has 0 saturated heterocycles. The highest BCUT2D eigenvalue weighted by Gasteiger charge is 2.37. The van der Waals surface area contributed by atoms with Crippen molar-refractivity contribution in [3.8, 4) is 0 Å². The van der Waals surface area contributed by atoms with Gasteiger partial charge in [-0.15, -0.1) is 0 Å². The van der Waals surface area contributed by atoms with Crippen LogP contribution in [0.3, 0.4) is 0 Å². The van der Waals surface area contributed by atoms with E-state index >= 15 is 0 Å². The number of rotatable bonds is 5. The van der Waals surface area contributed by atoms with Gasteiger partial charge in [-0.05, 0) is 42.1 Å². The third kappa shape index (κ3) is 3.71. The van der Waals surface area contributed by atoms with Crippen molar-refractivity contribution >= 4 is 21.7 Å². The standard InChI is InChI=1S/C15H21BrF2N2O/c1-3-11-14(16)12(20(4-2)19-11)9-13(21)10-5-7-15(17,18)8-6-10/h10H,3-9H2,1-2H3. The first-order chi connectivity index (χ1) is 9.88. The molecule has 21 heavy (non-hydrogen) atoms. The Morgan fingerprint density at radius 1 is 1.38 bits per heavy atom. The Labute approximate surface area is 132 Å². The van der Waals surface area contributed by atoms with Gasteiger partial charge in [0.25, 0.3) is 0 Å². The summed E-state index contributed by atoms with van der Waals surface area (Å²) in [7, 11) is 0. The molecule has 1 aromatic heterocycles. The molecule has 1 aromatic rings. The number of aryl methyl sites for hydroxylation is 2. The van der Waals surface area contributed by atoms with Crippen molar-refractivity contribution in [2.24, 2.45) is 5.92 Å². The molecule has 2 rings (SSSR count). The molecule has 1 aliphatic rings. The molecule has 0 amide bonds. The van der Waals surface area contributed by atoms with Crippen molar-refractivity contribution in [3.63, 3.8) is 0 Å². The maximum atomic E-state index is 13.2. The largest absolute Gasteiger partial charge is 0.299 e. The molecule has 118 valence electrons. The van der Waals surface area contributed by atoms with E-state index in [4.69, 9.17) is 0 Å². The minimum absolute atomic E-state index is 0.0588. The van der Waals surface area contributed by atoms with Crippen LogP contribution in [-0.2, 0) is 24.2 Å². The van der Waals surface area contributed by atoms with Crippen LogP contribution >= 0.6 is 15.9 Å². The molecule has 6 heteroatoms. The molecular weight excluding hydrogens is 342 g/mol. The van der Waals surface area contributed by atoms with Gasteiger partial charge in [-0.3, -0.25) is 9.48 Å². The normalized spacial score (nSPS) is 18.9. The zero-order chi connectivity index (χ0) is 15.6. The van der Waals surface area contributed by atoms with Crippen molar-refractivity contribution in [1.29, 1.82) is 0 Å². The van der Waals surface area contributed by atoms with Gasteiger partial charge in [0.15, 0.2) is 0 Å². The van der Waals surface area contributed by atoms with Gasteiger partial charge in [0.05, 0.1) is 15.9 Å². The van der Waals surface area contributed by atoms with Crippen LogP contribution in [0.2, 0.25) is 0 Å². The maximum absolute atomic E-state index is 13.2. The minimum Gasteiger partial charge on any atom is -0.299 e. The van der Waals surface area contributed by atoms with Crippen LogP contribution in [0.25, 0.3) is 0 Å². The summed E-state index contributed by atoms with van der Waals surface area (Å²) in [5.74, 6) is -2.76. The molecule has 0 N–H and O–H groups in total. The Morgan fingerprint density at radius 3 is 2.52 bits per heavy atom. The number of aromatic nitrogens is 2. The predicted molar refractivity (Wildman–Crippen MR) is 80.6 cm³/mol. The van der Waals surface area contributed by atoms with E-state index in [1.165, 1.54) is 0 Å². The summed E-state index contributed by atoms with van der Waals surface area (Å²) in [4.78, 5) is 12.4. The van der Waals surface area contributed by atoms with Crippen molar-refractivity contribution < 1.29 is 13.6 Å². The second-order valence-corrected chi connectivity index (χ2v) is 6.44. The molecule has 1 aliphatic carbocycles. The first-order valence-corrected chi connectivity index (χ1v) is 8.31. The van der Waals surface area contributed by atoms with Gasteiger partial charge in [0, 0.05) is 31.7 Å². The lowest BCUT2D eigenvalue weighted by molar-refractivity contribution is -0.126. The molecule has 1 heterocycles. The molecule has 1 fully saturated rings. The summed E-state index contributed by atoms with van der Waals surface area (Å²) in [6.45, 7) is 4.69. The quantitative estimate of drug-likeness (QED) is 0.787. The zero-order valence-corrected chi connectivity index (χ0v) is 14.0. The van der Waals surface area contributed by atoms with Crippen molar-refractivity contribution in [2.45, 2.75) is 64.8 Å². The number of alkyl halides is 2. The summed E-state index contributed by atoms with van der Waals surface area (Å²) in [6.07, 6.45) is 1.33. The van der Waals surface area contributed by atoms with E-state index in [0.717, 1.165) is 22.3 Å². The topological polar surface area (TPSA) is 34.9 Å². The van der Waals surface area contributed by atoms with E-state index < -0.39 is 5.92 Å². The number of carbonyl (C=O) groups excluding carboxylic acids is 1. The highest BCUT2D eigenvalue weighted by atomic mass is 79.9. The van der Waals surface area contributed by atoms with E-state index in [1.807, 2.05) is 18.5 Å². The van der Waals surface area contributed by atoms with Crippen LogP contribution in [0.4, 0.5) is 8.78 Å². The number of hydrogen-bond donors (Lipinski definition) is 0. The van der Waals surface area contributed by atoms with Crippen LogP contribution in [-0.4, -0.2) is 21.5 Å². The average Bonchev–Trinajstić information content (AvgIpc) is 2.75. The van der Waals surface area contributed by atoms with E-state index in [0.29, 0.717) is 19.4 Å². The van der Waals surface area contributed by atoms with Gasteiger partial charge in [-0.25, -0.2) is 8.78 Å². The molecule has 1 saturated carbocycles. The number of carbonyl (C=O) groups is 1. The fourth-order valence-corrected chi connectivity index (χ4v) is 3.56. The van der Waals surface area contributed by atoms with Gasteiger partial charge in [0.1, 0.15) is 5.78 Å². The number of nitrogens with zero attached hydrogens (tertiary/aromatic N) is 2.